The molecular weight excluding hydrogens is 299 g/mol. The van der Waals surface area contributed by atoms with Crippen molar-refractivity contribution in [1.82, 2.24) is 0 Å². The molecule has 92 valence electrons. The van der Waals surface area contributed by atoms with Crippen LogP contribution in [0.5, 0.6) is 5.75 Å². The molecular formula is C14H10BrFO2. The molecule has 0 heterocycles. The van der Waals surface area contributed by atoms with Crippen molar-refractivity contribution in [3.8, 4) is 5.75 Å². The van der Waals surface area contributed by atoms with Crippen LogP contribution in [0.4, 0.5) is 4.39 Å². The zero-order chi connectivity index (χ0) is 13.1. The molecule has 2 rings (SSSR count). The number of hydrogen-bond acceptors (Lipinski definition) is 2. The van der Waals surface area contributed by atoms with Gasteiger partial charge in [0.1, 0.15) is 11.6 Å². The second-order valence-corrected chi connectivity index (χ2v) is 4.51. The van der Waals surface area contributed by atoms with Crippen molar-refractivity contribution in [2.75, 3.05) is 7.11 Å². The van der Waals surface area contributed by atoms with Gasteiger partial charge in [0.15, 0.2) is 5.78 Å². The Morgan fingerprint density at radius 1 is 1.22 bits per heavy atom. The predicted octanol–water partition coefficient (Wildman–Crippen LogP) is 3.83. The van der Waals surface area contributed by atoms with Crippen molar-refractivity contribution in [1.29, 1.82) is 0 Å². The first-order valence-electron chi connectivity index (χ1n) is 5.26. The predicted molar refractivity (Wildman–Crippen MR) is 70.5 cm³/mol. The maximum absolute atomic E-state index is 13.4. The Bertz CT molecular complexity index is 596. The molecule has 0 spiro atoms. The maximum atomic E-state index is 13.4. The van der Waals surface area contributed by atoms with Crippen LogP contribution in [0.15, 0.2) is 46.9 Å². The third-order valence-corrected chi connectivity index (χ3v) is 3.18. The summed E-state index contributed by atoms with van der Waals surface area (Å²) in [6, 6.07) is 11.2. The molecule has 0 saturated carbocycles. The van der Waals surface area contributed by atoms with E-state index in [-0.39, 0.29) is 5.78 Å². The molecule has 0 N–H and O–H groups in total. The molecule has 2 nitrogen and oxygen atoms in total. The van der Waals surface area contributed by atoms with Gasteiger partial charge in [0.25, 0.3) is 0 Å². The molecule has 0 amide bonds. The van der Waals surface area contributed by atoms with E-state index in [0.717, 1.165) is 0 Å². The number of hydrogen-bond donors (Lipinski definition) is 0. The SMILES string of the molecule is COc1ccccc1C(=O)c1ccc(Br)c(F)c1. The lowest BCUT2D eigenvalue weighted by Gasteiger charge is -2.07. The number of benzene rings is 2. The molecule has 0 aliphatic rings. The first-order chi connectivity index (χ1) is 8.63. The van der Waals surface area contributed by atoms with E-state index in [4.69, 9.17) is 4.74 Å². The highest BCUT2D eigenvalue weighted by Gasteiger charge is 2.15. The highest BCUT2D eigenvalue weighted by Crippen LogP contribution is 2.23. The zero-order valence-electron chi connectivity index (χ0n) is 9.61. The first kappa shape index (κ1) is 12.8. The lowest BCUT2D eigenvalue weighted by Crippen LogP contribution is -2.04. The van der Waals surface area contributed by atoms with E-state index in [0.29, 0.717) is 21.3 Å². The number of halogens is 2. The Balaban J connectivity index is 2.44. The second kappa shape index (κ2) is 5.31. The first-order valence-corrected chi connectivity index (χ1v) is 6.05. The van der Waals surface area contributed by atoms with Gasteiger partial charge in [-0.15, -0.1) is 0 Å². The minimum atomic E-state index is -0.462. The number of ether oxygens (including phenoxy) is 1. The van der Waals surface area contributed by atoms with Gasteiger partial charge in [0.05, 0.1) is 17.1 Å². The van der Waals surface area contributed by atoms with Gasteiger partial charge in [-0.3, -0.25) is 4.79 Å². The monoisotopic (exact) mass is 308 g/mol. The van der Waals surface area contributed by atoms with E-state index < -0.39 is 5.82 Å². The van der Waals surface area contributed by atoms with Gasteiger partial charge in [-0.05, 0) is 46.3 Å². The molecule has 0 fully saturated rings. The van der Waals surface area contributed by atoms with Gasteiger partial charge < -0.3 is 4.74 Å². The van der Waals surface area contributed by atoms with E-state index in [1.54, 1.807) is 30.3 Å². The molecule has 4 heteroatoms. The van der Waals surface area contributed by atoms with E-state index >= 15 is 0 Å². The Morgan fingerprint density at radius 2 is 1.94 bits per heavy atom. The molecule has 0 atom stereocenters. The van der Waals surface area contributed by atoms with Crippen LogP contribution in [-0.2, 0) is 0 Å². The molecule has 0 aliphatic heterocycles. The highest BCUT2D eigenvalue weighted by atomic mass is 79.9. The van der Waals surface area contributed by atoms with Gasteiger partial charge in [0.2, 0.25) is 0 Å². The van der Waals surface area contributed by atoms with Gasteiger partial charge in [0, 0.05) is 5.56 Å². The molecule has 0 radical (unpaired) electrons. The summed E-state index contributed by atoms with van der Waals surface area (Å²) in [4.78, 5) is 12.2. The summed E-state index contributed by atoms with van der Waals surface area (Å²) in [5.74, 6) is -0.250. The van der Waals surface area contributed by atoms with Gasteiger partial charge in [-0.25, -0.2) is 4.39 Å². The topological polar surface area (TPSA) is 26.3 Å². The van der Waals surface area contributed by atoms with Crippen molar-refractivity contribution in [2.45, 2.75) is 0 Å². The normalized spacial score (nSPS) is 10.2. The summed E-state index contributed by atoms with van der Waals surface area (Å²) in [5, 5.41) is 0. The van der Waals surface area contributed by atoms with Crippen LogP contribution in [0, 0.1) is 5.82 Å². The molecule has 0 saturated heterocycles. The number of carbonyl (C=O) groups excluding carboxylic acids is 1. The standard InChI is InChI=1S/C14H10BrFO2/c1-18-13-5-3-2-4-10(13)14(17)9-6-7-11(15)12(16)8-9/h2-8H,1H3. The summed E-state index contributed by atoms with van der Waals surface area (Å²) in [7, 11) is 1.49. The third-order valence-electron chi connectivity index (χ3n) is 2.53. The molecule has 0 bridgehead atoms. The number of methoxy groups -OCH3 is 1. The quantitative estimate of drug-likeness (QED) is 0.806. The summed E-state index contributed by atoms with van der Waals surface area (Å²) < 4.78 is 18.9. The molecule has 0 aliphatic carbocycles. The maximum Gasteiger partial charge on any atom is 0.196 e. The fourth-order valence-corrected chi connectivity index (χ4v) is 1.87. The van der Waals surface area contributed by atoms with Crippen molar-refractivity contribution in [2.24, 2.45) is 0 Å². The number of carbonyl (C=O) groups is 1. The van der Waals surface area contributed by atoms with Gasteiger partial charge in [-0.2, -0.15) is 0 Å². The Kier molecular flexibility index (Phi) is 3.77. The summed E-state index contributed by atoms with van der Waals surface area (Å²) in [6.45, 7) is 0. The Morgan fingerprint density at radius 3 is 2.61 bits per heavy atom. The van der Waals surface area contributed by atoms with Gasteiger partial charge >= 0.3 is 0 Å². The Labute approximate surface area is 113 Å². The van der Waals surface area contributed by atoms with Crippen LogP contribution in [0.3, 0.4) is 0 Å². The Hall–Kier alpha value is -1.68. The highest BCUT2D eigenvalue weighted by molar-refractivity contribution is 9.10. The molecule has 0 unspecified atom stereocenters. The van der Waals surface area contributed by atoms with Crippen LogP contribution < -0.4 is 4.74 Å². The summed E-state index contributed by atoms with van der Waals surface area (Å²) >= 11 is 3.05. The number of ketones is 1. The van der Waals surface area contributed by atoms with Crippen LogP contribution >= 0.6 is 15.9 Å². The van der Waals surface area contributed by atoms with E-state index in [1.165, 1.54) is 19.2 Å². The van der Waals surface area contributed by atoms with E-state index in [1.807, 2.05) is 0 Å². The minimum Gasteiger partial charge on any atom is -0.496 e. The summed E-state index contributed by atoms with van der Waals surface area (Å²) in [6.07, 6.45) is 0. The minimum absolute atomic E-state index is 0.265. The molecule has 2 aromatic rings. The zero-order valence-corrected chi connectivity index (χ0v) is 11.2. The lowest BCUT2D eigenvalue weighted by atomic mass is 10.0. The van der Waals surface area contributed by atoms with Crippen LogP contribution in [0.25, 0.3) is 0 Å². The molecule has 0 aromatic heterocycles. The van der Waals surface area contributed by atoms with Crippen molar-refractivity contribution >= 4 is 21.7 Å². The van der Waals surface area contributed by atoms with E-state index in [2.05, 4.69) is 15.9 Å². The third kappa shape index (κ3) is 2.43. The second-order valence-electron chi connectivity index (χ2n) is 3.66. The van der Waals surface area contributed by atoms with Crippen molar-refractivity contribution in [3.63, 3.8) is 0 Å². The van der Waals surface area contributed by atoms with Crippen molar-refractivity contribution < 1.29 is 13.9 Å². The smallest absolute Gasteiger partial charge is 0.196 e. The van der Waals surface area contributed by atoms with Crippen LogP contribution in [0.2, 0.25) is 0 Å². The number of rotatable bonds is 3. The average molecular weight is 309 g/mol. The van der Waals surface area contributed by atoms with Crippen LogP contribution in [0.1, 0.15) is 15.9 Å². The van der Waals surface area contributed by atoms with Crippen molar-refractivity contribution in [3.05, 3.63) is 63.9 Å². The summed E-state index contributed by atoms with van der Waals surface area (Å²) in [5.41, 5.74) is 0.710. The fourth-order valence-electron chi connectivity index (χ4n) is 1.63. The van der Waals surface area contributed by atoms with E-state index in [9.17, 15) is 9.18 Å². The molecule has 18 heavy (non-hydrogen) atoms. The largest absolute Gasteiger partial charge is 0.496 e. The van der Waals surface area contributed by atoms with Gasteiger partial charge in [-0.1, -0.05) is 12.1 Å². The number of para-hydroxylation sites is 1. The average Bonchev–Trinajstić information content (AvgIpc) is 2.41. The van der Waals surface area contributed by atoms with Crippen LogP contribution in [-0.4, -0.2) is 12.9 Å². The lowest BCUT2D eigenvalue weighted by molar-refractivity contribution is 0.103. The fraction of sp³-hybridized carbons (Fsp3) is 0.0714. The molecule has 2 aromatic carbocycles.